The van der Waals surface area contributed by atoms with Crippen molar-refractivity contribution in [2.24, 2.45) is 0 Å². The minimum atomic E-state index is -0.150. The highest BCUT2D eigenvalue weighted by atomic mass is 16.1. The molecule has 2 aromatic carbocycles. The smallest absolute Gasteiger partial charge is 0.261 e. The second-order valence-corrected chi connectivity index (χ2v) is 8.79. The van der Waals surface area contributed by atoms with Crippen LogP contribution in [0.1, 0.15) is 66.8 Å². The van der Waals surface area contributed by atoms with Gasteiger partial charge in [-0.25, -0.2) is 4.98 Å². The first-order valence-corrected chi connectivity index (χ1v) is 12.2. The lowest BCUT2D eigenvalue weighted by molar-refractivity contribution is 0.0951. The molecule has 1 N–H and O–H groups in total. The van der Waals surface area contributed by atoms with E-state index in [1.54, 1.807) is 18.2 Å². The highest BCUT2D eigenvalue weighted by Crippen LogP contribution is 2.17. The van der Waals surface area contributed by atoms with Crippen LogP contribution < -0.4 is 10.9 Å². The molecule has 0 unspecified atom stereocenters. The Hall–Kier alpha value is -2.99. The fraction of sp³-hybridized carbons (Fsp3) is 0.444. The van der Waals surface area contributed by atoms with Crippen LogP contribution in [-0.2, 0) is 26.1 Å². The van der Waals surface area contributed by atoms with Crippen LogP contribution in [0.3, 0.4) is 0 Å². The Bertz CT molecular complexity index is 1180. The summed E-state index contributed by atoms with van der Waals surface area (Å²) in [5.41, 5.74) is 3.51. The average molecular weight is 447 g/mol. The predicted octanol–water partition coefficient (Wildman–Crippen LogP) is 4.28. The Morgan fingerprint density at radius 1 is 1.03 bits per heavy atom. The van der Waals surface area contributed by atoms with Gasteiger partial charge in [0.15, 0.2) is 0 Å². The maximum Gasteiger partial charge on any atom is 0.261 e. The molecule has 0 aliphatic carbocycles. The van der Waals surface area contributed by atoms with Gasteiger partial charge in [0.05, 0.1) is 10.9 Å². The Kier molecular flexibility index (Phi) is 7.55. The van der Waals surface area contributed by atoms with Crippen molar-refractivity contribution in [2.45, 2.75) is 65.6 Å². The molecule has 33 heavy (non-hydrogen) atoms. The topological polar surface area (TPSA) is 67.2 Å². The average Bonchev–Trinajstić information content (AvgIpc) is 2.82. The van der Waals surface area contributed by atoms with Gasteiger partial charge in [0.25, 0.3) is 11.5 Å². The molecule has 1 aliphatic rings. The number of carbonyl (C=O) groups excluding carboxylic acids is 1. The minimum Gasteiger partial charge on any atom is -0.348 e. The van der Waals surface area contributed by atoms with E-state index in [9.17, 15) is 9.59 Å². The van der Waals surface area contributed by atoms with Gasteiger partial charge in [-0.15, -0.1) is 0 Å². The van der Waals surface area contributed by atoms with Gasteiger partial charge in [-0.1, -0.05) is 51.0 Å². The van der Waals surface area contributed by atoms with Crippen molar-refractivity contribution in [1.29, 1.82) is 0 Å². The molecule has 0 saturated carbocycles. The molecular formula is C27H34N4O2. The minimum absolute atomic E-state index is 0.00851. The van der Waals surface area contributed by atoms with Crippen LogP contribution in [-0.4, -0.2) is 33.4 Å². The summed E-state index contributed by atoms with van der Waals surface area (Å²) in [4.78, 5) is 33.1. The van der Waals surface area contributed by atoms with Crippen molar-refractivity contribution in [3.05, 3.63) is 75.3 Å². The number of hydrogen-bond donors (Lipinski definition) is 1. The molecule has 3 aromatic rings. The summed E-state index contributed by atoms with van der Waals surface area (Å²) in [6.45, 7) is 8.37. The number of fused-ring (bicyclic) bond motifs is 2. The summed E-state index contributed by atoms with van der Waals surface area (Å²) in [7, 11) is 0. The molecule has 0 fully saturated rings. The lowest BCUT2D eigenvalue weighted by Gasteiger charge is -2.20. The lowest BCUT2D eigenvalue weighted by atomic mass is 10.1. The molecule has 6 heteroatoms. The van der Waals surface area contributed by atoms with Gasteiger partial charge >= 0.3 is 0 Å². The zero-order chi connectivity index (χ0) is 23.2. The van der Waals surface area contributed by atoms with Gasteiger partial charge in [-0.3, -0.25) is 19.1 Å². The zero-order valence-electron chi connectivity index (χ0n) is 19.8. The van der Waals surface area contributed by atoms with Crippen LogP contribution in [0.2, 0.25) is 0 Å². The fourth-order valence-corrected chi connectivity index (χ4v) is 4.59. The van der Waals surface area contributed by atoms with Gasteiger partial charge in [0.1, 0.15) is 5.82 Å². The number of nitrogens with zero attached hydrogens (tertiary/aromatic N) is 3. The first-order chi connectivity index (χ1) is 16.1. The van der Waals surface area contributed by atoms with E-state index >= 15 is 0 Å². The van der Waals surface area contributed by atoms with Crippen molar-refractivity contribution in [2.75, 3.05) is 13.1 Å². The highest BCUT2D eigenvalue weighted by Gasteiger charge is 2.15. The van der Waals surface area contributed by atoms with Crippen molar-refractivity contribution in [3.63, 3.8) is 0 Å². The van der Waals surface area contributed by atoms with Gasteiger partial charge in [0, 0.05) is 31.6 Å². The van der Waals surface area contributed by atoms with E-state index in [-0.39, 0.29) is 11.5 Å². The van der Waals surface area contributed by atoms with E-state index in [1.165, 1.54) is 12.0 Å². The van der Waals surface area contributed by atoms with Crippen LogP contribution in [0.25, 0.3) is 10.9 Å². The van der Waals surface area contributed by atoms with Crippen LogP contribution in [0, 0.1) is 0 Å². The second-order valence-electron chi connectivity index (χ2n) is 8.79. The summed E-state index contributed by atoms with van der Waals surface area (Å²) < 4.78 is 1.83. The maximum atomic E-state index is 13.0. The maximum absolute atomic E-state index is 13.0. The zero-order valence-corrected chi connectivity index (χ0v) is 19.8. The fourth-order valence-electron chi connectivity index (χ4n) is 4.59. The third kappa shape index (κ3) is 5.33. The summed E-state index contributed by atoms with van der Waals surface area (Å²) in [5.74, 6) is 0.693. The normalized spacial score (nSPS) is 14.0. The number of aryl methyl sites for hydroxylation is 1. The number of hydrogen-bond acceptors (Lipinski definition) is 4. The summed E-state index contributed by atoms with van der Waals surface area (Å²) >= 11 is 0. The van der Waals surface area contributed by atoms with E-state index in [2.05, 4.69) is 36.2 Å². The van der Waals surface area contributed by atoms with Gasteiger partial charge in [-0.2, -0.15) is 0 Å². The Morgan fingerprint density at radius 2 is 1.79 bits per heavy atom. The molecule has 2 heterocycles. The van der Waals surface area contributed by atoms with Crippen molar-refractivity contribution >= 4 is 16.8 Å². The van der Waals surface area contributed by atoms with Crippen LogP contribution in [0.15, 0.2) is 47.3 Å². The number of aromatic nitrogens is 2. The Morgan fingerprint density at radius 3 is 2.58 bits per heavy atom. The summed E-state index contributed by atoms with van der Waals surface area (Å²) in [6.07, 6.45) is 5.19. The van der Waals surface area contributed by atoms with E-state index in [4.69, 9.17) is 4.98 Å². The second kappa shape index (κ2) is 10.8. The van der Waals surface area contributed by atoms with Crippen molar-refractivity contribution < 1.29 is 4.79 Å². The highest BCUT2D eigenvalue weighted by molar-refractivity contribution is 5.97. The van der Waals surface area contributed by atoms with Crippen molar-refractivity contribution in [3.8, 4) is 0 Å². The predicted molar refractivity (Wildman–Crippen MR) is 132 cm³/mol. The third-order valence-corrected chi connectivity index (χ3v) is 6.67. The van der Waals surface area contributed by atoms with E-state index in [1.807, 2.05) is 16.7 Å². The molecule has 1 aromatic heterocycles. The molecule has 1 aliphatic heterocycles. The molecule has 0 saturated heterocycles. The Labute approximate surface area is 195 Å². The Balaban J connectivity index is 1.53. The molecule has 174 valence electrons. The summed E-state index contributed by atoms with van der Waals surface area (Å²) in [5, 5.41) is 3.64. The van der Waals surface area contributed by atoms with E-state index < -0.39 is 0 Å². The molecular weight excluding hydrogens is 412 g/mol. The lowest BCUT2D eigenvalue weighted by Crippen LogP contribution is -2.27. The number of rotatable bonds is 7. The van der Waals surface area contributed by atoms with Crippen LogP contribution in [0.5, 0.6) is 0 Å². The molecule has 0 bridgehead atoms. The SMILES string of the molecule is CCN(CC)Cc1ccccc1CNC(=O)c1ccc2c(=O)n3c(nc2c1)CCCCCC3. The molecule has 6 nitrogen and oxygen atoms in total. The van der Waals surface area contributed by atoms with Crippen LogP contribution >= 0.6 is 0 Å². The molecule has 4 rings (SSSR count). The first-order valence-electron chi connectivity index (χ1n) is 12.2. The third-order valence-electron chi connectivity index (χ3n) is 6.67. The van der Waals surface area contributed by atoms with Gasteiger partial charge in [-0.05, 0) is 55.3 Å². The van der Waals surface area contributed by atoms with E-state index in [0.29, 0.717) is 23.0 Å². The van der Waals surface area contributed by atoms with E-state index in [0.717, 1.165) is 63.3 Å². The standard InChI is InChI=1S/C27H34N4O2/c1-3-30(4-2)19-22-12-9-8-11-21(22)18-28-26(32)20-14-15-23-24(17-20)29-25-13-7-5-6-10-16-31(25)27(23)33/h8-9,11-12,14-15,17H,3-7,10,13,16,18-19H2,1-2H3,(H,28,32). The number of nitrogens with one attached hydrogen (secondary N) is 1. The number of carbonyl (C=O) groups is 1. The van der Waals surface area contributed by atoms with Gasteiger partial charge < -0.3 is 5.32 Å². The number of benzene rings is 2. The quantitative estimate of drug-likeness (QED) is 0.588. The molecule has 0 spiro atoms. The van der Waals surface area contributed by atoms with Crippen LogP contribution in [0.4, 0.5) is 0 Å². The molecule has 0 atom stereocenters. The molecule has 1 amide bonds. The van der Waals surface area contributed by atoms with Gasteiger partial charge in [0.2, 0.25) is 0 Å². The summed E-state index contributed by atoms with van der Waals surface area (Å²) in [6, 6.07) is 13.5. The van der Waals surface area contributed by atoms with Crippen molar-refractivity contribution in [1.82, 2.24) is 19.8 Å². The monoisotopic (exact) mass is 446 g/mol. The number of amides is 1. The largest absolute Gasteiger partial charge is 0.348 e. The first kappa shape index (κ1) is 23.2. The molecule has 0 radical (unpaired) electrons.